The molecule has 0 aromatic carbocycles. The van der Waals surface area contributed by atoms with Crippen LogP contribution in [0.15, 0.2) is 0 Å². The summed E-state index contributed by atoms with van der Waals surface area (Å²) in [6, 6.07) is 0.580. The van der Waals surface area contributed by atoms with Gasteiger partial charge in [0.1, 0.15) is 0 Å². The van der Waals surface area contributed by atoms with E-state index in [2.05, 4.69) is 10.6 Å². The second-order valence-corrected chi connectivity index (χ2v) is 11.2. The molecule has 2 amide bonds. The minimum atomic E-state index is 0.156. The zero-order valence-corrected chi connectivity index (χ0v) is 21.1. The Morgan fingerprint density at radius 3 is 1.12 bits per heavy atom. The van der Waals surface area contributed by atoms with Crippen LogP contribution < -0.4 is 10.6 Å². The third kappa shape index (κ3) is 11.4. The van der Waals surface area contributed by atoms with Gasteiger partial charge in [0.05, 0.1) is 0 Å². The summed E-state index contributed by atoms with van der Waals surface area (Å²) < 4.78 is 0. The van der Waals surface area contributed by atoms with Crippen LogP contribution in [0.2, 0.25) is 11.6 Å². The average Bonchev–Trinajstić information content (AvgIpc) is 2.84. The minimum absolute atomic E-state index is 0.156. The predicted octanol–water partition coefficient (Wildman–Crippen LogP) is 7.36. The fourth-order valence-corrected chi connectivity index (χ4v) is 6.20. The van der Waals surface area contributed by atoms with E-state index in [0.717, 1.165) is 44.9 Å². The zero-order valence-electron chi connectivity index (χ0n) is 21.1. The van der Waals surface area contributed by atoms with Gasteiger partial charge in [-0.15, -0.1) is 0 Å². The third-order valence-electron chi connectivity index (χ3n) is 8.23. The fourth-order valence-electron chi connectivity index (χ4n) is 6.20. The van der Waals surface area contributed by atoms with E-state index in [9.17, 15) is 9.59 Å². The number of hydrogen-bond acceptors (Lipinski definition) is 2. The Labute approximate surface area is 205 Å². The Kier molecular flexibility index (Phi) is 12.8. The van der Waals surface area contributed by atoms with Crippen LogP contribution in [-0.4, -0.2) is 38.3 Å². The van der Waals surface area contributed by atoms with Gasteiger partial charge in [-0.3, -0.25) is 9.59 Å². The summed E-state index contributed by atoms with van der Waals surface area (Å²) in [5.74, 6) is 1.25. The van der Waals surface area contributed by atoms with Crippen molar-refractivity contribution >= 4 is 26.2 Å². The Balaban J connectivity index is 1.35. The fraction of sp³-hybridized carbons (Fsp3) is 0.926. The first-order valence-corrected chi connectivity index (χ1v) is 14.5. The van der Waals surface area contributed by atoms with Gasteiger partial charge >= 0.3 is 0 Å². The molecule has 3 fully saturated rings. The van der Waals surface area contributed by atoms with E-state index in [0.29, 0.717) is 23.7 Å². The third-order valence-corrected chi connectivity index (χ3v) is 8.23. The highest BCUT2D eigenvalue weighted by atomic mass is 16.1. The van der Waals surface area contributed by atoms with E-state index >= 15 is 0 Å². The van der Waals surface area contributed by atoms with Crippen molar-refractivity contribution < 1.29 is 9.59 Å². The summed E-state index contributed by atoms with van der Waals surface area (Å²) in [6.45, 7) is 0. The molecule has 4 nitrogen and oxygen atoms in total. The van der Waals surface area contributed by atoms with Crippen molar-refractivity contribution in [3.8, 4) is 0 Å². The predicted molar refractivity (Wildman–Crippen MR) is 141 cm³/mol. The van der Waals surface area contributed by atoms with Crippen LogP contribution in [0.25, 0.3) is 0 Å². The van der Waals surface area contributed by atoms with Gasteiger partial charge in [-0.25, -0.2) is 0 Å². The summed E-state index contributed by atoms with van der Waals surface area (Å²) in [7, 11) is 3.98. The van der Waals surface area contributed by atoms with Crippen LogP contribution in [0.1, 0.15) is 135 Å². The highest BCUT2D eigenvalue weighted by Gasteiger charge is 2.23. The molecule has 184 valence electrons. The molecule has 0 aromatic rings. The first-order chi connectivity index (χ1) is 16.2. The van der Waals surface area contributed by atoms with Crippen LogP contribution in [0.3, 0.4) is 0 Å². The summed E-state index contributed by atoms with van der Waals surface area (Å²) in [4.78, 5) is 25.4. The van der Waals surface area contributed by atoms with Gasteiger partial charge in [0.15, 0.2) is 11.6 Å². The van der Waals surface area contributed by atoms with Crippen molar-refractivity contribution in [2.45, 2.75) is 159 Å². The average molecular weight is 454 g/mol. The molecule has 3 aliphatic rings. The molecule has 2 unspecified atom stereocenters. The van der Waals surface area contributed by atoms with Crippen LogP contribution in [0.5, 0.6) is 0 Å². The molecule has 0 aromatic heterocycles. The molecule has 33 heavy (non-hydrogen) atoms. The second-order valence-electron chi connectivity index (χ2n) is 11.2. The molecule has 3 saturated carbocycles. The van der Waals surface area contributed by atoms with E-state index in [-0.39, 0.29) is 11.6 Å². The van der Waals surface area contributed by atoms with Crippen molar-refractivity contribution in [2.75, 3.05) is 0 Å². The SMILES string of the molecule is O=C([B]C1CCCCCCC1)NC1CCCCC(NC(=O)[B]C2CCCCCCC2)CCC1. The summed E-state index contributed by atoms with van der Waals surface area (Å²) >= 11 is 0. The lowest BCUT2D eigenvalue weighted by molar-refractivity contribution is 0.253. The van der Waals surface area contributed by atoms with Crippen molar-refractivity contribution in [1.82, 2.24) is 10.6 Å². The van der Waals surface area contributed by atoms with E-state index in [4.69, 9.17) is 0 Å². The monoisotopic (exact) mass is 454 g/mol. The quantitative estimate of drug-likeness (QED) is 0.412. The zero-order chi connectivity index (χ0) is 23.1. The van der Waals surface area contributed by atoms with Crippen LogP contribution >= 0.6 is 0 Å². The lowest BCUT2D eigenvalue weighted by Gasteiger charge is -2.22. The largest absolute Gasteiger partial charge is 0.363 e. The highest BCUT2D eigenvalue weighted by Crippen LogP contribution is 2.27. The van der Waals surface area contributed by atoms with Crippen LogP contribution in [-0.2, 0) is 0 Å². The molecule has 2 atom stereocenters. The van der Waals surface area contributed by atoms with Crippen molar-refractivity contribution in [2.24, 2.45) is 0 Å². The summed E-state index contributed by atoms with van der Waals surface area (Å²) in [5, 5.41) is 6.66. The lowest BCUT2D eigenvalue weighted by atomic mass is 9.59. The Morgan fingerprint density at radius 1 is 0.424 bits per heavy atom. The maximum atomic E-state index is 12.7. The van der Waals surface area contributed by atoms with Gasteiger partial charge in [-0.2, -0.15) is 0 Å². The van der Waals surface area contributed by atoms with Gasteiger partial charge in [-0.05, 0) is 32.1 Å². The molecular weight excluding hydrogens is 406 g/mol. The number of hydrogen-bond donors (Lipinski definition) is 2. The van der Waals surface area contributed by atoms with Crippen LogP contribution in [0.4, 0.5) is 9.59 Å². The Morgan fingerprint density at radius 2 is 0.727 bits per heavy atom. The maximum Gasteiger partial charge on any atom is 0.236 e. The van der Waals surface area contributed by atoms with E-state index in [1.165, 1.54) is 89.9 Å². The topological polar surface area (TPSA) is 58.2 Å². The first-order valence-electron chi connectivity index (χ1n) is 14.5. The normalized spacial score (nSPS) is 27.3. The van der Waals surface area contributed by atoms with Crippen molar-refractivity contribution in [1.29, 1.82) is 0 Å². The van der Waals surface area contributed by atoms with Crippen molar-refractivity contribution in [3.63, 3.8) is 0 Å². The standard InChI is InChI=1S/C27H48B2N2O2/c32-26(28-22-14-7-3-1-4-8-15-22)30-24-18-11-12-19-25(21-13-20-24)31-27(33)29-23-16-9-5-2-6-10-17-23/h22-25H,1-21H2,(H,30,32)(H,31,33). The van der Waals surface area contributed by atoms with Gasteiger partial charge in [0.2, 0.25) is 14.6 Å². The Bertz CT molecular complexity index is 510. The molecule has 3 aliphatic carbocycles. The highest BCUT2D eigenvalue weighted by molar-refractivity contribution is 6.75. The molecule has 0 bridgehead atoms. The number of nitrogens with one attached hydrogen (secondary N) is 2. The first kappa shape index (κ1) is 26.7. The smallest absolute Gasteiger partial charge is 0.236 e. The number of amides is 2. The molecular formula is C27H48B2N2O2. The summed E-state index contributed by atoms with van der Waals surface area (Å²) in [6.07, 6.45) is 25.3. The van der Waals surface area contributed by atoms with Crippen LogP contribution in [0, 0.1) is 0 Å². The molecule has 0 spiro atoms. The maximum absolute atomic E-state index is 12.7. The van der Waals surface area contributed by atoms with Gasteiger partial charge in [0, 0.05) is 12.1 Å². The van der Waals surface area contributed by atoms with E-state index in [1.807, 2.05) is 14.6 Å². The van der Waals surface area contributed by atoms with E-state index < -0.39 is 0 Å². The molecule has 0 aliphatic heterocycles. The molecule has 3 rings (SSSR count). The summed E-state index contributed by atoms with van der Waals surface area (Å²) in [5.41, 5.74) is 0. The number of rotatable bonds is 6. The minimum Gasteiger partial charge on any atom is -0.363 e. The molecule has 2 N–H and O–H groups in total. The van der Waals surface area contributed by atoms with E-state index in [1.54, 1.807) is 0 Å². The molecule has 0 heterocycles. The van der Waals surface area contributed by atoms with Gasteiger partial charge < -0.3 is 10.6 Å². The molecule has 6 heteroatoms. The van der Waals surface area contributed by atoms with Crippen molar-refractivity contribution in [3.05, 3.63) is 0 Å². The second kappa shape index (κ2) is 15.9. The Hall–Kier alpha value is -0.930. The molecule has 0 saturated heterocycles. The lowest BCUT2D eigenvalue weighted by Crippen LogP contribution is -2.39. The number of carbonyl (C=O) groups excluding carboxylic acids is 2. The van der Waals surface area contributed by atoms with Gasteiger partial charge in [0.25, 0.3) is 0 Å². The van der Waals surface area contributed by atoms with Gasteiger partial charge in [-0.1, -0.05) is 114 Å². The number of carbonyl (C=O) groups is 2. The molecule has 2 radical (unpaired) electrons.